The van der Waals surface area contributed by atoms with Gasteiger partial charge < -0.3 is 9.80 Å². The van der Waals surface area contributed by atoms with Crippen LogP contribution in [0.25, 0.3) is 6.08 Å². The van der Waals surface area contributed by atoms with E-state index in [4.69, 9.17) is 0 Å². The lowest BCUT2D eigenvalue weighted by molar-refractivity contribution is 0.130. The molecule has 0 N–H and O–H groups in total. The molecule has 0 aliphatic carbocycles. The van der Waals surface area contributed by atoms with Gasteiger partial charge in [-0.25, -0.2) is 0 Å². The molecule has 19 heavy (non-hydrogen) atoms. The first-order valence-electron chi connectivity index (χ1n) is 7.40. The third-order valence-corrected chi connectivity index (χ3v) is 6.27. The lowest BCUT2D eigenvalue weighted by Gasteiger charge is -2.37. The molecule has 1 aliphatic rings. The van der Waals surface area contributed by atoms with Gasteiger partial charge in [-0.3, -0.25) is 0 Å². The molecule has 0 radical (unpaired) electrons. The smallest absolute Gasteiger partial charge is 0.0739 e. The standard InChI is InChI=1S/C16H26N2Si/c1-4-15-6-8-16(9-7-15)19-14(3)18-12-10-17(5-2)11-13-18/h4,6-9,14H,1,5,10-13,19H2,2-3H3. The maximum Gasteiger partial charge on any atom is 0.0739 e. The van der Waals surface area contributed by atoms with Gasteiger partial charge in [0.15, 0.2) is 0 Å². The van der Waals surface area contributed by atoms with Crippen LogP contribution < -0.4 is 5.19 Å². The Bertz CT molecular complexity index is 394. The average Bonchev–Trinajstić information content (AvgIpc) is 2.48. The highest BCUT2D eigenvalue weighted by Gasteiger charge is 2.20. The number of hydrogen-bond donors (Lipinski definition) is 0. The summed E-state index contributed by atoms with van der Waals surface area (Å²) in [6, 6.07) is 8.97. The van der Waals surface area contributed by atoms with Crippen molar-refractivity contribution in [1.82, 2.24) is 9.80 Å². The largest absolute Gasteiger partial charge is 0.301 e. The van der Waals surface area contributed by atoms with Crippen molar-refractivity contribution in [2.45, 2.75) is 19.5 Å². The van der Waals surface area contributed by atoms with Crippen LogP contribution >= 0.6 is 0 Å². The summed E-state index contributed by atoms with van der Waals surface area (Å²) in [5, 5.41) is 1.57. The van der Waals surface area contributed by atoms with E-state index in [1.807, 2.05) is 6.08 Å². The van der Waals surface area contributed by atoms with Crippen molar-refractivity contribution in [2.75, 3.05) is 32.7 Å². The zero-order valence-corrected chi connectivity index (χ0v) is 13.7. The Morgan fingerprint density at radius 1 is 1.21 bits per heavy atom. The number of piperazine rings is 1. The molecule has 1 fully saturated rings. The van der Waals surface area contributed by atoms with Crippen LogP contribution in [0.2, 0.25) is 0 Å². The fourth-order valence-corrected chi connectivity index (χ4v) is 4.59. The SMILES string of the molecule is C=Cc1ccc([SiH2]C(C)N2CCN(CC)CC2)cc1. The maximum atomic E-state index is 3.81. The molecule has 1 heterocycles. The molecule has 2 nitrogen and oxygen atoms in total. The van der Waals surface area contributed by atoms with Crippen LogP contribution in [-0.2, 0) is 0 Å². The van der Waals surface area contributed by atoms with E-state index in [2.05, 4.69) is 54.5 Å². The third kappa shape index (κ3) is 4.03. The molecule has 0 saturated carbocycles. The fourth-order valence-electron chi connectivity index (χ4n) is 2.78. The highest BCUT2D eigenvalue weighted by atomic mass is 28.2. The topological polar surface area (TPSA) is 6.48 Å². The quantitative estimate of drug-likeness (QED) is 0.742. The van der Waals surface area contributed by atoms with E-state index in [1.165, 1.54) is 38.3 Å². The highest BCUT2D eigenvalue weighted by Crippen LogP contribution is 2.06. The molecule has 2 rings (SSSR count). The van der Waals surface area contributed by atoms with Crippen LogP contribution in [0.5, 0.6) is 0 Å². The van der Waals surface area contributed by atoms with E-state index in [9.17, 15) is 0 Å². The Labute approximate surface area is 119 Å². The van der Waals surface area contributed by atoms with Crippen LogP contribution in [0.15, 0.2) is 30.8 Å². The maximum absolute atomic E-state index is 3.81. The van der Waals surface area contributed by atoms with E-state index in [1.54, 1.807) is 5.19 Å². The second-order valence-corrected chi connectivity index (χ2v) is 7.88. The molecule has 0 aromatic heterocycles. The summed E-state index contributed by atoms with van der Waals surface area (Å²) in [5.41, 5.74) is 2.00. The van der Waals surface area contributed by atoms with Gasteiger partial charge >= 0.3 is 0 Å². The molecule has 1 aromatic rings. The lowest BCUT2D eigenvalue weighted by atomic mass is 10.2. The molecule has 1 aromatic carbocycles. The summed E-state index contributed by atoms with van der Waals surface area (Å²) in [4.78, 5) is 5.23. The van der Waals surface area contributed by atoms with E-state index >= 15 is 0 Å². The molecular weight excluding hydrogens is 248 g/mol. The molecule has 3 heteroatoms. The average molecular weight is 274 g/mol. The second-order valence-electron chi connectivity index (χ2n) is 5.47. The fraction of sp³-hybridized carbons (Fsp3) is 0.500. The number of rotatable bonds is 5. The minimum absolute atomic E-state index is 0.206. The van der Waals surface area contributed by atoms with Crippen molar-refractivity contribution in [3.05, 3.63) is 36.4 Å². The summed E-state index contributed by atoms with van der Waals surface area (Å²) < 4.78 is 0. The Morgan fingerprint density at radius 2 is 1.84 bits per heavy atom. The van der Waals surface area contributed by atoms with Crippen LogP contribution in [0.1, 0.15) is 19.4 Å². The Balaban J connectivity index is 1.86. The van der Waals surface area contributed by atoms with E-state index in [0.717, 1.165) is 5.67 Å². The Kier molecular flexibility index (Phi) is 5.37. The molecule has 1 aliphatic heterocycles. The molecule has 1 atom stereocenters. The van der Waals surface area contributed by atoms with E-state index in [0.29, 0.717) is 0 Å². The van der Waals surface area contributed by atoms with Crippen LogP contribution in [-0.4, -0.2) is 57.7 Å². The molecule has 0 amide bonds. The van der Waals surface area contributed by atoms with Crippen molar-refractivity contribution >= 4 is 20.8 Å². The van der Waals surface area contributed by atoms with Gasteiger partial charge in [-0.05, 0) is 17.8 Å². The molecule has 0 spiro atoms. The summed E-state index contributed by atoms with van der Waals surface area (Å²) in [5.74, 6) is 0. The summed E-state index contributed by atoms with van der Waals surface area (Å²) in [6.07, 6.45) is 1.92. The Morgan fingerprint density at radius 3 is 2.37 bits per heavy atom. The predicted molar refractivity (Wildman–Crippen MR) is 87.9 cm³/mol. The number of likely N-dealkylation sites (N-methyl/N-ethyl adjacent to an activating group) is 1. The number of hydrogen-bond acceptors (Lipinski definition) is 2. The second kappa shape index (κ2) is 7.03. The highest BCUT2D eigenvalue weighted by molar-refractivity contribution is 6.54. The summed E-state index contributed by atoms with van der Waals surface area (Å²) >= 11 is 0. The zero-order valence-electron chi connectivity index (χ0n) is 12.3. The van der Waals surface area contributed by atoms with Gasteiger partial charge in [0.1, 0.15) is 0 Å². The molecule has 0 bridgehead atoms. The monoisotopic (exact) mass is 274 g/mol. The van der Waals surface area contributed by atoms with Gasteiger partial charge in [0, 0.05) is 26.2 Å². The van der Waals surface area contributed by atoms with Crippen molar-refractivity contribution in [2.24, 2.45) is 0 Å². The van der Waals surface area contributed by atoms with Crippen LogP contribution in [0.3, 0.4) is 0 Å². The van der Waals surface area contributed by atoms with Crippen LogP contribution in [0.4, 0.5) is 0 Å². The number of nitrogens with zero attached hydrogens (tertiary/aromatic N) is 2. The van der Waals surface area contributed by atoms with Gasteiger partial charge in [-0.2, -0.15) is 0 Å². The minimum Gasteiger partial charge on any atom is -0.301 e. The predicted octanol–water partition coefficient (Wildman–Crippen LogP) is 1.11. The normalized spacial score (nSPS) is 19.9. The molecule has 1 unspecified atom stereocenters. The van der Waals surface area contributed by atoms with E-state index < -0.39 is 0 Å². The first kappa shape index (κ1) is 14.5. The first-order valence-corrected chi connectivity index (χ1v) is 8.93. The lowest BCUT2D eigenvalue weighted by Crippen LogP contribution is -2.52. The summed E-state index contributed by atoms with van der Waals surface area (Å²) in [7, 11) is -0.206. The van der Waals surface area contributed by atoms with Crippen LogP contribution in [0, 0.1) is 0 Å². The first-order chi connectivity index (χ1) is 9.22. The van der Waals surface area contributed by atoms with Gasteiger partial charge in [-0.15, -0.1) is 0 Å². The van der Waals surface area contributed by atoms with Gasteiger partial charge in [0.25, 0.3) is 0 Å². The zero-order chi connectivity index (χ0) is 13.7. The van der Waals surface area contributed by atoms with Crippen molar-refractivity contribution in [3.8, 4) is 0 Å². The summed E-state index contributed by atoms with van der Waals surface area (Å²) in [6.45, 7) is 14.6. The van der Waals surface area contributed by atoms with Gasteiger partial charge in [0.2, 0.25) is 0 Å². The molecule has 1 saturated heterocycles. The van der Waals surface area contributed by atoms with Crippen molar-refractivity contribution in [3.63, 3.8) is 0 Å². The van der Waals surface area contributed by atoms with Crippen molar-refractivity contribution < 1.29 is 0 Å². The molecule has 104 valence electrons. The molecular formula is C16H26N2Si. The van der Waals surface area contributed by atoms with Crippen molar-refractivity contribution in [1.29, 1.82) is 0 Å². The van der Waals surface area contributed by atoms with Gasteiger partial charge in [0.05, 0.1) is 9.52 Å². The number of benzene rings is 1. The van der Waals surface area contributed by atoms with Gasteiger partial charge in [-0.1, -0.05) is 56.0 Å². The van der Waals surface area contributed by atoms with E-state index in [-0.39, 0.29) is 9.52 Å². The minimum atomic E-state index is -0.206. The Hall–Kier alpha value is -0.903. The third-order valence-electron chi connectivity index (χ3n) is 4.22.